The average Bonchev–Trinajstić information content (AvgIpc) is 2.44. The molecule has 3 heteroatoms. The van der Waals surface area contributed by atoms with E-state index in [0.29, 0.717) is 6.04 Å². The molecule has 1 unspecified atom stereocenters. The van der Waals surface area contributed by atoms with Gasteiger partial charge < -0.3 is 5.32 Å². The molecule has 1 N–H and O–H groups in total. The van der Waals surface area contributed by atoms with Crippen molar-refractivity contribution in [1.82, 2.24) is 10.2 Å². The highest BCUT2D eigenvalue weighted by molar-refractivity contribution is 9.10. The van der Waals surface area contributed by atoms with Crippen LogP contribution in [0.5, 0.6) is 0 Å². The lowest BCUT2D eigenvalue weighted by atomic mass is 10.0. The van der Waals surface area contributed by atoms with Gasteiger partial charge in [0.1, 0.15) is 0 Å². The third kappa shape index (κ3) is 4.87. The zero-order chi connectivity index (χ0) is 14.4. The number of benzene rings is 1. The minimum absolute atomic E-state index is 0.687. The molecule has 1 fully saturated rings. The van der Waals surface area contributed by atoms with Crippen molar-refractivity contribution in [3.63, 3.8) is 0 Å². The Labute approximate surface area is 132 Å². The summed E-state index contributed by atoms with van der Waals surface area (Å²) in [6, 6.07) is 7.41. The smallest absolute Gasteiger partial charge is 0.0234 e. The Balaban J connectivity index is 1.94. The van der Waals surface area contributed by atoms with Crippen molar-refractivity contribution < 1.29 is 0 Å². The first-order chi connectivity index (χ1) is 9.69. The van der Waals surface area contributed by atoms with Gasteiger partial charge in [-0.1, -0.05) is 41.4 Å². The molecule has 0 radical (unpaired) electrons. The van der Waals surface area contributed by atoms with Crippen molar-refractivity contribution in [2.24, 2.45) is 0 Å². The van der Waals surface area contributed by atoms with Gasteiger partial charge in [-0.3, -0.25) is 4.90 Å². The van der Waals surface area contributed by atoms with Gasteiger partial charge in [-0.2, -0.15) is 0 Å². The van der Waals surface area contributed by atoms with Crippen molar-refractivity contribution in [2.75, 3.05) is 19.6 Å². The fourth-order valence-corrected chi connectivity index (χ4v) is 3.25. The summed E-state index contributed by atoms with van der Waals surface area (Å²) in [5.41, 5.74) is 2.75. The van der Waals surface area contributed by atoms with Crippen LogP contribution >= 0.6 is 15.9 Å². The summed E-state index contributed by atoms with van der Waals surface area (Å²) in [5.74, 6) is 0. The highest BCUT2D eigenvalue weighted by Gasteiger charge is 2.16. The van der Waals surface area contributed by atoms with Gasteiger partial charge in [-0.25, -0.2) is 0 Å². The molecule has 1 heterocycles. The summed E-state index contributed by atoms with van der Waals surface area (Å²) in [7, 11) is 0. The van der Waals surface area contributed by atoms with Crippen LogP contribution in [0, 0.1) is 6.92 Å². The predicted molar refractivity (Wildman–Crippen MR) is 90.1 cm³/mol. The standard InChI is InChI=1S/C17H27BrN2/c1-3-10-20(13-16-6-4-5-9-19-16)12-15-7-8-17(18)14(2)11-15/h7-8,11,16,19H,3-6,9-10,12-13H2,1-2H3. The number of aryl methyl sites for hydroxylation is 1. The molecule has 2 nitrogen and oxygen atoms in total. The van der Waals surface area contributed by atoms with Crippen molar-refractivity contribution in [3.8, 4) is 0 Å². The Morgan fingerprint density at radius 2 is 2.20 bits per heavy atom. The lowest BCUT2D eigenvalue weighted by molar-refractivity contribution is 0.217. The molecular weight excluding hydrogens is 312 g/mol. The molecule has 1 aromatic rings. The van der Waals surface area contributed by atoms with E-state index < -0.39 is 0 Å². The van der Waals surface area contributed by atoms with Gasteiger partial charge in [0.25, 0.3) is 0 Å². The number of halogens is 1. The van der Waals surface area contributed by atoms with E-state index in [4.69, 9.17) is 0 Å². The zero-order valence-corrected chi connectivity index (χ0v) is 14.4. The molecule has 1 saturated heterocycles. The van der Waals surface area contributed by atoms with Gasteiger partial charge in [-0.15, -0.1) is 0 Å². The van der Waals surface area contributed by atoms with Crippen LogP contribution in [0.4, 0.5) is 0 Å². The first-order valence-corrected chi connectivity index (χ1v) is 8.69. The van der Waals surface area contributed by atoms with Crippen molar-refractivity contribution in [3.05, 3.63) is 33.8 Å². The van der Waals surface area contributed by atoms with E-state index in [1.165, 1.54) is 60.9 Å². The number of rotatable bonds is 6. The minimum atomic E-state index is 0.687. The molecule has 0 saturated carbocycles. The molecule has 0 bridgehead atoms. The molecule has 0 spiro atoms. The summed E-state index contributed by atoms with van der Waals surface area (Å²) in [6.07, 6.45) is 5.28. The van der Waals surface area contributed by atoms with Crippen LogP contribution in [0.15, 0.2) is 22.7 Å². The van der Waals surface area contributed by atoms with Gasteiger partial charge in [0.15, 0.2) is 0 Å². The second kappa shape index (κ2) is 8.16. The van der Waals surface area contributed by atoms with Gasteiger partial charge in [0.2, 0.25) is 0 Å². The molecular formula is C17H27BrN2. The minimum Gasteiger partial charge on any atom is -0.313 e. The molecule has 0 amide bonds. The van der Waals surface area contributed by atoms with E-state index in [9.17, 15) is 0 Å². The van der Waals surface area contributed by atoms with Crippen LogP contribution < -0.4 is 5.32 Å². The molecule has 1 aromatic carbocycles. The van der Waals surface area contributed by atoms with Crippen LogP contribution in [0.3, 0.4) is 0 Å². The molecule has 0 aliphatic carbocycles. The molecule has 1 aliphatic rings. The van der Waals surface area contributed by atoms with Crippen molar-refractivity contribution in [2.45, 2.75) is 52.1 Å². The van der Waals surface area contributed by atoms with E-state index in [-0.39, 0.29) is 0 Å². The summed E-state index contributed by atoms with van der Waals surface area (Å²) in [5, 5.41) is 3.67. The fourth-order valence-electron chi connectivity index (χ4n) is 3.01. The van der Waals surface area contributed by atoms with Gasteiger partial charge in [-0.05, 0) is 56.5 Å². The zero-order valence-electron chi connectivity index (χ0n) is 12.8. The second-order valence-electron chi connectivity index (χ2n) is 5.97. The number of hydrogen-bond acceptors (Lipinski definition) is 2. The predicted octanol–water partition coefficient (Wildman–Crippen LogP) is 4.11. The number of nitrogens with zero attached hydrogens (tertiary/aromatic N) is 1. The number of piperidine rings is 1. The molecule has 20 heavy (non-hydrogen) atoms. The van der Waals surface area contributed by atoms with Crippen molar-refractivity contribution >= 4 is 15.9 Å². The normalized spacial score (nSPS) is 19.5. The van der Waals surface area contributed by atoms with E-state index in [1.807, 2.05) is 0 Å². The number of hydrogen-bond donors (Lipinski definition) is 1. The summed E-state index contributed by atoms with van der Waals surface area (Å²) < 4.78 is 1.21. The van der Waals surface area contributed by atoms with Crippen LogP contribution in [-0.4, -0.2) is 30.6 Å². The third-order valence-electron chi connectivity index (χ3n) is 4.06. The molecule has 1 atom stereocenters. The monoisotopic (exact) mass is 338 g/mol. The Bertz CT molecular complexity index is 413. The average molecular weight is 339 g/mol. The molecule has 0 aromatic heterocycles. The Morgan fingerprint density at radius 1 is 1.35 bits per heavy atom. The van der Waals surface area contributed by atoms with E-state index >= 15 is 0 Å². The largest absolute Gasteiger partial charge is 0.313 e. The van der Waals surface area contributed by atoms with Crippen molar-refractivity contribution in [1.29, 1.82) is 0 Å². The lowest BCUT2D eigenvalue weighted by Gasteiger charge is -2.30. The van der Waals surface area contributed by atoms with E-state index in [1.54, 1.807) is 0 Å². The first-order valence-electron chi connectivity index (χ1n) is 7.90. The molecule has 2 rings (SSSR count). The summed E-state index contributed by atoms with van der Waals surface area (Å²) in [6.45, 7) is 9.08. The lowest BCUT2D eigenvalue weighted by Crippen LogP contribution is -2.43. The third-order valence-corrected chi connectivity index (χ3v) is 4.95. The topological polar surface area (TPSA) is 15.3 Å². The van der Waals surface area contributed by atoms with E-state index in [0.717, 1.165) is 6.54 Å². The quantitative estimate of drug-likeness (QED) is 0.839. The first kappa shape index (κ1) is 16.0. The Hall–Kier alpha value is -0.380. The van der Waals surface area contributed by atoms with E-state index in [2.05, 4.69) is 58.2 Å². The van der Waals surface area contributed by atoms with Crippen LogP contribution in [0.1, 0.15) is 43.7 Å². The fraction of sp³-hybridized carbons (Fsp3) is 0.647. The summed E-state index contributed by atoms with van der Waals surface area (Å²) in [4.78, 5) is 2.60. The SMILES string of the molecule is CCCN(Cc1ccc(Br)c(C)c1)CC1CCCCN1. The maximum Gasteiger partial charge on any atom is 0.0234 e. The van der Waals surface area contributed by atoms with Crippen LogP contribution in [-0.2, 0) is 6.54 Å². The highest BCUT2D eigenvalue weighted by Crippen LogP contribution is 2.19. The second-order valence-corrected chi connectivity index (χ2v) is 6.82. The molecule has 1 aliphatic heterocycles. The van der Waals surface area contributed by atoms with Gasteiger partial charge in [0.05, 0.1) is 0 Å². The highest BCUT2D eigenvalue weighted by atomic mass is 79.9. The van der Waals surface area contributed by atoms with Gasteiger partial charge in [0, 0.05) is 23.6 Å². The summed E-state index contributed by atoms with van der Waals surface area (Å²) >= 11 is 3.58. The maximum absolute atomic E-state index is 3.67. The van der Waals surface area contributed by atoms with Crippen LogP contribution in [0.25, 0.3) is 0 Å². The van der Waals surface area contributed by atoms with Crippen LogP contribution in [0.2, 0.25) is 0 Å². The maximum atomic E-state index is 3.67. The Kier molecular flexibility index (Phi) is 6.53. The van der Waals surface area contributed by atoms with Gasteiger partial charge >= 0.3 is 0 Å². The molecule has 112 valence electrons. The Morgan fingerprint density at radius 3 is 2.85 bits per heavy atom. The number of nitrogens with one attached hydrogen (secondary N) is 1.